The lowest BCUT2D eigenvalue weighted by atomic mass is 10.2. The second-order valence-electron chi connectivity index (χ2n) is 6.50. The molecule has 0 amide bonds. The first-order chi connectivity index (χ1) is 11.6. The van der Waals surface area contributed by atoms with Gasteiger partial charge in [-0.15, -0.1) is 0 Å². The Morgan fingerprint density at radius 3 is 2.58 bits per heavy atom. The van der Waals surface area contributed by atoms with Crippen LogP contribution in [0.1, 0.15) is 12.0 Å². The summed E-state index contributed by atoms with van der Waals surface area (Å²) in [5, 5.41) is 11.4. The van der Waals surface area contributed by atoms with Crippen molar-refractivity contribution in [2.75, 3.05) is 18.0 Å². The Hall–Kier alpha value is -1.92. The number of hydrogen-bond donors (Lipinski definition) is 0. The SMILES string of the molecule is O=[N+]([O-])c1cc(Br)ccc1N1CC2CC1CN2Cc1ccccc1. The van der Waals surface area contributed by atoms with Crippen LogP contribution < -0.4 is 4.90 Å². The van der Waals surface area contributed by atoms with Crippen molar-refractivity contribution in [2.45, 2.75) is 25.0 Å². The number of nitro benzene ring substituents is 1. The number of nitrogens with zero attached hydrogens (tertiary/aromatic N) is 3. The molecule has 2 unspecified atom stereocenters. The van der Waals surface area contributed by atoms with Gasteiger partial charge in [-0.1, -0.05) is 46.3 Å². The Kier molecular flexibility index (Phi) is 4.02. The van der Waals surface area contributed by atoms with Crippen LogP contribution in [-0.4, -0.2) is 35.0 Å². The Morgan fingerprint density at radius 2 is 1.92 bits per heavy atom. The van der Waals surface area contributed by atoms with Crippen LogP contribution in [0.5, 0.6) is 0 Å². The third kappa shape index (κ3) is 2.80. The van der Waals surface area contributed by atoms with Crippen molar-refractivity contribution < 1.29 is 4.92 Å². The summed E-state index contributed by atoms with van der Waals surface area (Å²) in [6.45, 7) is 2.78. The molecule has 0 radical (unpaired) electrons. The number of piperazine rings is 1. The summed E-state index contributed by atoms with van der Waals surface area (Å²) in [6.07, 6.45) is 1.08. The molecule has 2 aromatic carbocycles. The summed E-state index contributed by atoms with van der Waals surface area (Å²) in [5.41, 5.74) is 2.26. The van der Waals surface area contributed by atoms with E-state index in [1.807, 2.05) is 18.2 Å². The summed E-state index contributed by atoms with van der Waals surface area (Å²) in [5.74, 6) is 0. The first-order valence-electron chi connectivity index (χ1n) is 8.10. The normalized spacial score (nSPS) is 23.0. The van der Waals surface area contributed by atoms with Gasteiger partial charge >= 0.3 is 0 Å². The molecular weight excluding hydrogens is 370 g/mol. The van der Waals surface area contributed by atoms with Crippen LogP contribution in [0.3, 0.4) is 0 Å². The minimum Gasteiger partial charge on any atom is -0.360 e. The van der Waals surface area contributed by atoms with Gasteiger partial charge in [-0.05, 0) is 24.1 Å². The number of hydrogen-bond acceptors (Lipinski definition) is 4. The monoisotopic (exact) mass is 387 g/mol. The molecule has 0 N–H and O–H groups in total. The van der Waals surface area contributed by atoms with Crippen molar-refractivity contribution >= 4 is 27.3 Å². The van der Waals surface area contributed by atoms with E-state index < -0.39 is 0 Å². The fourth-order valence-electron chi connectivity index (χ4n) is 3.94. The van der Waals surface area contributed by atoms with Crippen LogP contribution in [0.15, 0.2) is 53.0 Å². The zero-order valence-electron chi connectivity index (χ0n) is 13.1. The lowest BCUT2D eigenvalue weighted by Crippen LogP contribution is -2.46. The summed E-state index contributed by atoms with van der Waals surface area (Å²) >= 11 is 3.33. The Bertz CT molecular complexity index is 768. The second kappa shape index (κ2) is 6.18. The highest BCUT2D eigenvalue weighted by Crippen LogP contribution is 2.40. The molecule has 2 bridgehead atoms. The van der Waals surface area contributed by atoms with Gasteiger partial charge < -0.3 is 4.90 Å². The first kappa shape index (κ1) is 15.6. The molecular formula is C18H18BrN3O2. The number of nitro groups is 1. The van der Waals surface area contributed by atoms with E-state index in [0.29, 0.717) is 12.1 Å². The molecule has 2 aromatic rings. The van der Waals surface area contributed by atoms with Gasteiger partial charge in [0.05, 0.1) is 4.92 Å². The quantitative estimate of drug-likeness (QED) is 0.590. The molecule has 0 aliphatic carbocycles. The van der Waals surface area contributed by atoms with E-state index >= 15 is 0 Å². The second-order valence-corrected chi connectivity index (χ2v) is 7.42. The van der Waals surface area contributed by atoms with Crippen LogP contribution in [0.4, 0.5) is 11.4 Å². The summed E-state index contributed by atoms with van der Waals surface area (Å²) in [7, 11) is 0. The Morgan fingerprint density at radius 1 is 1.12 bits per heavy atom. The fraction of sp³-hybridized carbons (Fsp3) is 0.333. The molecule has 2 heterocycles. The standard InChI is InChI=1S/C18H18BrN3O2/c19-14-6-7-17(18(8-14)22(23)24)21-12-15-9-16(21)11-20(15)10-13-4-2-1-3-5-13/h1-8,15-16H,9-12H2. The average molecular weight is 388 g/mol. The van der Waals surface area contributed by atoms with E-state index in [1.165, 1.54) is 5.56 Å². The molecule has 24 heavy (non-hydrogen) atoms. The van der Waals surface area contributed by atoms with Crippen molar-refractivity contribution in [3.63, 3.8) is 0 Å². The zero-order valence-corrected chi connectivity index (χ0v) is 14.7. The van der Waals surface area contributed by atoms with Crippen molar-refractivity contribution in [1.82, 2.24) is 4.90 Å². The number of rotatable bonds is 4. The maximum absolute atomic E-state index is 11.4. The molecule has 4 rings (SSSR count). The molecule has 6 heteroatoms. The molecule has 124 valence electrons. The minimum absolute atomic E-state index is 0.187. The molecule has 2 aliphatic heterocycles. The third-order valence-corrected chi connectivity index (χ3v) is 5.52. The molecule has 0 spiro atoms. The van der Waals surface area contributed by atoms with E-state index in [9.17, 15) is 10.1 Å². The van der Waals surface area contributed by atoms with Gasteiger partial charge in [0.1, 0.15) is 5.69 Å². The molecule has 5 nitrogen and oxygen atoms in total. The smallest absolute Gasteiger partial charge is 0.293 e. The summed E-state index contributed by atoms with van der Waals surface area (Å²) in [6, 6.07) is 16.7. The highest BCUT2D eigenvalue weighted by molar-refractivity contribution is 9.10. The summed E-state index contributed by atoms with van der Waals surface area (Å²) in [4.78, 5) is 15.8. The van der Waals surface area contributed by atoms with Crippen LogP contribution in [0, 0.1) is 10.1 Å². The fourth-order valence-corrected chi connectivity index (χ4v) is 4.29. The lowest BCUT2D eigenvalue weighted by Gasteiger charge is -2.35. The molecule has 2 saturated heterocycles. The van der Waals surface area contributed by atoms with Gasteiger partial charge in [0.2, 0.25) is 0 Å². The topological polar surface area (TPSA) is 49.6 Å². The van der Waals surface area contributed by atoms with Gasteiger partial charge in [-0.25, -0.2) is 0 Å². The van der Waals surface area contributed by atoms with Gasteiger partial charge in [-0.2, -0.15) is 0 Å². The predicted octanol–water partition coefficient (Wildman–Crippen LogP) is 3.82. The number of halogens is 1. The van der Waals surface area contributed by atoms with Crippen molar-refractivity contribution in [3.05, 3.63) is 68.7 Å². The number of benzene rings is 2. The van der Waals surface area contributed by atoms with Gasteiger partial charge in [0.15, 0.2) is 0 Å². The maximum Gasteiger partial charge on any atom is 0.293 e. The van der Waals surface area contributed by atoms with Crippen molar-refractivity contribution in [3.8, 4) is 0 Å². The third-order valence-electron chi connectivity index (χ3n) is 5.03. The predicted molar refractivity (Wildman–Crippen MR) is 97.2 cm³/mol. The molecule has 2 aliphatic rings. The highest BCUT2D eigenvalue weighted by atomic mass is 79.9. The van der Waals surface area contributed by atoms with Crippen molar-refractivity contribution in [2.24, 2.45) is 0 Å². The Labute approximate surface area is 149 Å². The maximum atomic E-state index is 11.4. The minimum atomic E-state index is -0.284. The Balaban J connectivity index is 1.52. The van der Waals surface area contributed by atoms with Crippen LogP contribution in [0.2, 0.25) is 0 Å². The number of likely N-dealkylation sites (tertiary alicyclic amines) is 1. The van der Waals surface area contributed by atoms with Crippen LogP contribution in [-0.2, 0) is 6.54 Å². The molecule has 0 saturated carbocycles. The van der Waals surface area contributed by atoms with E-state index in [0.717, 1.165) is 36.2 Å². The summed E-state index contributed by atoms with van der Waals surface area (Å²) < 4.78 is 0.744. The van der Waals surface area contributed by atoms with Gasteiger partial charge in [0, 0.05) is 42.3 Å². The zero-order chi connectivity index (χ0) is 16.7. The van der Waals surface area contributed by atoms with Gasteiger partial charge in [0.25, 0.3) is 5.69 Å². The van der Waals surface area contributed by atoms with Crippen molar-refractivity contribution in [1.29, 1.82) is 0 Å². The number of anilines is 1. The lowest BCUT2D eigenvalue weighted by molar-refractivity contribution is -0.384. The van der Waals surface area contributed by atoms with E-state index in [4.69, 9.17) is 0 Å². The largest absolute Gasteiger partial charge is 0.360 e. The number of fused-ring (bicyclic) bond motifs is 2. The van der Waals surface area contributed by atoms with E-state index in [2.05, 4.69) is 50.0 Å². The van der Waals surface area contributed by atoms with Gasteiger partial charge in [-0.3, -0.25) is 15.0 Å². The molecule has 0 aromatic heterocycles. The average Bonchev–Trinajstić information content (AvgIpc) is 3.16. The molecule has 2 fully saturated rings. The first-order valence-corrected chi connectivity index (χ1v) is 8.89. The molecule has 2 atom stereocenters. The van der Waals surface area contributed by atoms with E-state index in [-0.39, 0.29) is 10.6 Å². The van der Waals surface area contributed by atoms with E-state index in [1.54, 1.807) is 6.07 Å². The highest BCUT2D eigenvalue weighted by Gasteiger charge is 2.44. The van der Waals surface area contributed by atoms with Crippen LogP contribution >= 0.6 is 15.9 Å². The van der Waals surface area contributed by atoms with Crippen LogP contribution in [0.25, 0.3) is 0 Å².